The van der Waals surface area contributed by atoms with Crippen LogP contribution in [0.5, 0.6) is 0 Å². The van der Waals surface area contributed by atoms with Gasteiger partial charge in [0.1, 0.15) is 5.00 Å². The van der Waals surface area contributed by atoms with Crippen LogP contribution in [0.15, 0.2) is 16.6 Å². The Kier molecular flexibility index (Phi) is 8.50. The number of ether oxygens (including phenoxy) is 1. The van der Waals surface area contributed by atoms with Crippen LogP contribution in [-0.4, -0.2) is 64.4 Å². The Hall–Kier alpha value is -2.70. The highest BCUT2D eigenvalue weighted by Crippen LogP contribution is 2.35. The lowest BCUT2D eigenvalue weighted by molar-refractivity contribution is -0.113. The van der Waals surface area contributed by atoms with Crippen molar-refractivity contribution in [2.75, 3.05) is 32.3 Å². The number of rotatable bonds is 9. The number of carbonyl (C=O) groups is 3. The standard InChI is InChI=1S/C22H27N5O4S3/c1-7-8-27-18(14-9-12(2)32-10-14)24-25-22(27)33-11-15(28)23-19-16(21(30)31-6)13(3)17(34-19)20(29)26(4)5/h9-10H,7-8,11H2,1-6H3,(H,23,28). The topological polar surface area (TPSA) is 106 Å². The first-order valence-corrected chi connectivity index (χ1v) is 13.2. The van der Waals surface area contributed by atoms with E-state index in [2.05, 4.69) is 28.5 Å². The number of aryl methyl sites for hydroxylation is 1. The van der Waals surface area contributed by atoms with Crippen molar-refractivity contribution in [1.82, 2.24) is 19.7 Å². The van der Waals surface area contributed by atoms with E-state index >= 15 is 0 Å². The number of carbonyl (C=O) groups excluding carboxylic acids is 3. The van der Waals surface area contributed by atoms with Crippen LogP contribution in [0.25, 0.3) is 11.4 Å². The lowest BCUT2D eigenvalue weighted by atomic mass is 10.1. The summed E-state index contributed by atoms with van der Waals surface area (Å²) in [6.07, 6.45) is 0.896. The minimum atomic E-state index is -0.604. The van der Waals surface area contributed by atoms with Crippen LogP contribution >= 0.6 is 34.4 Å². The second-order valence-corrected chi connectivity index (χ2v) is 10.8. The molecule has 3 heterocycles. The summed E-state index contributed by atoms with van der Waals surface area (Å²) in [7, 11) is 4.53. The highest BCUT2D eigenvalue weighted by atomic mass is 32.2. The maximum Gasteiger partial charge on any atom is 0.341 e. The summed E-state index contributed by atoms with van der Waals surface area (Å²) in [5.74, 6) is -0.319. The summed E-state index contributed by atoms with van der Waals surface area (Å²) in [6.45, 7) is 6.52. The summed E-state index contributed by atoms with van der Waals surface area (Å²) in [6, 6.07) is 2.07. The Bertz CT molecular complexity index is 1210. The molecule has 12 heteroatoms. The molecule has 0 aliphatic rings. The van der Waals surface area contributed by atoms with Crippen molar-refractivity contribution in [3.05, 3.63) is 32.3 Å². The second-order valence-electron chi connectivity index (χ2n) is 7.69. The van der Waals surface area contributed by atoms with Crippen LogP contribution in [0.1, 0.15) is 43.8 Å². The van der Waals surface area contributed by atoms with Gasteiger partial charge in [0.2, 0.25) is 5.91 Å². The maximum absolute atomic E-state index is 12.8. The van der Waals surface area contributed by atoms with Crippen molar-refractivity contribution in [2.24, 2.45) is 0 Å². The van der Waals surface area contributed by atoms with Gasteiger partial charge in [-0.05, 0) is 31.9 Å². The summed E-state index contributed by atoms with van der Waals surface area (Å²) in [5.41, 5.74) is 1.69. The highest BCUT2D eigenvalue weighted by molar-refractivity contribution is 7.99. The van der Waals surface area contributed by atoms with Crippen LogP contribution < -0.4 is 5.32 Å². The third-order valence-electron chi connectivity index (χ3n) is 4.87. The number of hydrogen-bond acceptors (Lipinski definition) is 9. The molecule has 0 atom stereocenters. The Balaban J connectivity index is 1.79. The molecule has 34 heavy (non-hydrogen) atoms. The molecule has 2 amide bonds. The first kappa shape index (κ1) is 25.9. The van der Waals surface area contributed by atoms with Gasteiger partial charge in [-0.2, -0.15) is 0 Å². The molecule has 0 bridgehead atoms. The molecule has 0 aliphatic carbocycles. The third kappa shape index (κ3) is 5.50. The van der Waals surface area contributed by atoms with Gasteiger partial charge >= 0.3 is 5.97 Å². The van der Waals surface area contributed by atoms with Crippen molar-refractivity contribution in [3.8, 4) is 11.4 Å². The fraction of sp³-hybridized carbons (Fsp3) is 0.409. The molecule has 0 radical (unpaired) electrons. The van der Waals surface area contributed by atoms with E-state index in [0.29, 0.717) is 20.6 Å². The fourth-order valence-electron chi connectivity index (χ4n) is 3.24. The number of nitrogens with one attached hydrogen (secondary N) is 1. The normalized spacial score (nSPS) is 10.9. The molecule has 0 spiro atoms. The fourth-order valence-corrected chi connectivity index (χ4v) is 5.92. The van der Waals surface area contributed by atoms with E-state index in [-0.39, 0.29) is 23.1 Å². The monoisotopic (exact) mass is 521 g/mol. The number of aromatic nitrogens is 3. The molecule has 0 aliphatic heterocycles. The molecule has 0 unspecified atom stereocenters. The number of thioether (sulfide) groups is 1. The third-order valence-corrected chi connectivity index (χ3v) is 7.90. The zero-order valence-electron chi connectivity index (χ0n) is 19.9. The number of methoxy groups -OCH3 is 1. The van der Waals surface area contributed by atoms with Crippen molar-refractivity contribution >= 4 is 57.2 Å². The van der Waals surface area contributed by atoms with Gasteiger partial charge in [0.25, 0.3) is 5.91 Å². The molecule has 182 valence electrons. The van der Waals surface area contributed by atoms with E-state index in [0.717, 1.165) is 35.7 Å². The summed E-state index contributed by atoms with van der Waals surface area (Å²) >= 11 is 3.99. The molecular formula is C22H27N5O4S3. The van der Waals surface area contributed by atoms with Crippen LogP contribution in [0.4, 0.5) is 5.00 Å². The number of nitrogens with zero attached hydrogens (tertiary/aromatic N) is 4. The lowest BCUT2D eigenvalue weighted by Crippen LogP contribution is -2.21. The van der Waals surface area contributed by atoms with E-state index < -0.39 is 5.97 Å². The van der Waals surface area contributed by atoms with E-state index in [9.17, 15) is 14.4 Å². The Morgan fingerprint density at radius 3 is 2.56 bits per heavy atom. The van der Waals surface area contributed by atoms with Crippen LogP contribution in [-0.2, 0) is 16.1 Å². The number of hydrogen-bond donors (Lipinski definition) is 1. The van der Waals surface area contributed by atoms with E-state index in [1.54, 1.807) is 32.4 Å². The number of amides is 2. The summed E-state index contributed by atoms with van der Waals surface area (Å²) in [5, 5.41) is 14.4. The quantitative estimate of drug-likeness (QED) is 0.330. The molecule has 3 rings (SSSR count). The molecule has 0 saturated carbocycles. The molecule has 0 saturated heterocycles. The number of esters is 1. The molecule has 1 N–H and O–H groups in total. The molecular weight excluding hydrogens is 494 g/mol. The van der Waals surface area contributed by atoms with E-state index in [1.165, 1.54) is 28.6 Å². The average molecular weight is 522 g/mol. The maximum atomic E-state index is 12.8. The van der Waals surface area contributed by atoms with Crippen LogP contribution in [0.2, 0.25) is 0 Å². The van der Waals surface area contributed by atoms with Crippen LogP contribution in [0, 0.1) is 13.8 Å². The molecule has 3 aromatic heterocycles. The van der Waals surface area contributed by atoms with Gasteiger partial charge in [0.05, 0.1) is 23.3 Å². The average Bonchev–Trinajstić information content (AvgIpc) is 3.49. The van der Waals surface area contributed by atoms with Crippen molar-refractivity contribution in [3.63, 3.8) is 0 Å². The zero-order chi connectivity index (χ0) is 25.0. The predicted octanol–water partition coefficient (Wildman–Crippen LogP) is 4.31. The molecule has 3 aromatic rings. The lowest BCUT2D eigenvalue weighted by Gasteiger charge is -2.08. The van der Waals surface area contributed by atoms with Crippen molar-refractivity contribution in [2.45, 2.75) is 38.9 Å². The minimum Gasteiger partial charge on any atom is -0.465 e. The zero-order valence-corrected chi connectivity index (χ0v) is 22.4. The van der Waals surface area contributed by atoms with Crippen molar-refractivity contribution in [1.29, 1.82) is 0 Å². The summed E-state index contributed by atoms with van der Waals surface area (Å²) in [4.78, 5) is 40.7. The highest BCUT2D eigenvalue weighted by Gasteiger charge is 2.27. The Morgan fingerprint density at radius 2 is 1.97 bits per heavy atom. The molecule has 9 nitrogen and oxygen atoms in total. The smallest absolute Gasteiger partial charge is 0.341 e. The van der Waals surface area contributed by atoms with Gasteiger partial charge in [-0.1, -0.05) is 18.7 Å². The predicted molar refractivity (Wildman–Crippen MR) is 136 cm³/mol. The molecule has 0 aromatic carbocycles. The van der Waals surface area contributed by atoms with Gasteiger partial charge in [0, 0.05) is 36.5 Å². The second kappa shape index (κ2) is 11.2. The molecule has 0 fully saturated rings. The van der Waals surface area contributed by atoms with Gasteiger partial charge in [-0.15, -0.1) is 32.9 Å². The summed E-state index contributed by atoms with van der Waals surface area (Å²) < 4.78 is 6.89. The minimum absolute atomic E-state index is 0.0685. The first-order valence-electron chi connectivity index (χ1n) is 10.5. The van der Waals surface area contributed by atoms with E-state index in [1.807, 2.05) is 16.9 Å². The Morgan fingerprint density at radius 1 is 1.24 bits per heavy atom. The largest absolute Gasteiger partial charge is 0.465 e. The number of thiophene rings is 2. The van der Waals surface area contributed by atoms with Gasteiger partial charge in [-0.25, -0.2) is 4.79 Å². The van der Waals surface area contributed by atoms with Gasteiger partial charge in [0.15, 0.2) is 11.0 Å². The Labute approximate surface area is 210 Å². The van der Waals surface area contributed by atoms with Crippen LogP contribution in [0.3, 0.4) is 0 Å². The SMILES string of the molecule is CCCn1c(SCC(=O)Nc2sc(C(=O)N(C)C)c(C)c2C(=O)OC)nnc1-c1csc(C)c1. The van der Waals surface area contributed by atoms with Crippen molar-refractivity contribution < 1.29 is 19.1 Å². The number of anilines is 1. The van der Waals surface area contributed by atoms with Gasteiger partial charge < -0.3 is 19.5 Å². The van der Waals surface area contributed by atoms with Gasteiger partial charge in [-0.3, -0.25) is 9.59 Å². The first-order chi connectivity index (χ1) is 16.2. The van der Waals surface area contributed by atoms with E-state index in [4.69, 9.17) is 4.74 Å².